The van der Waals surface area contributed by atoms with Crippen LogP contribution in [-0.4, -0.2) is 23.5 Å². The van der Waals surface area contributed by atoms with Crippen molar-refractivity contribution >= 4 is 5.97 Å². The average Bonchev–Trinajstić information content (AvgIpc) is 2.26. The Labute approximate surface area is 104 Å². The van der Waals surface area contributed by atoms with Crippen LogP contribution in [0.2, 0.25) is 0 Å². The Morgan fingerprint density at radius 1 is 1.29 bits per heavy atom. The lowest BCUT2D eigenvalue weighted by atomic mass is 10.1. The number of hydrogen-bond acceptors (Lipinski definition) is 4. The van der Waals surface area contributed by atoms with E-state index in [1.54, 1.807) is 19.9 Å². The molecule has 0 aliphatic rings. The van der Waals surface area contributed by atoms with E-state index in [4.69, 9.17) is 9.47 Å². The minimum Gasteiger partial charge on any atom is -0.431 e. The van der Waals surface area contributed by atoms with Crippen molar-refractivity contribution in [1.82, 2.24) is 0 Å². The summed E-state index contributed by atoms with van der Waals surface area (Å²) in [7, 11) is 0. The van der Waals surface area contributed by atoms with E-state index in [0.717, 1.165) is 12.8 Å². The Kier molecular flexibility index (Phi) is 9.77. The highest BCUT2D eigenvalue weighted by atomic mass is 16.7. The van der Waals surface area contributed by atoms with E-state index in [-0.39, 0.29) is 6.10 Å². The Balaban J connectivity index is 3.58. The largest absolute Gasteiger partial charge is 0.431 e. The maximum atomic E-state index is 11.2. The zero-order valence-electron chi connectivity index (χ0n) is 11.0. The van der Waals surface area contributed by atoms with Gasteiger partial charge in [-0.25, -0.2) is 4.79 Å². The van der Waals surface area contributed by atoms with Crippen molar-refractivity contribution in [3.8, 4) is 0 Å². The van der Waals surface area contributed by atoms with Crippen LogP contribution < -0.4 is 0 Å². The van der Waals surface area contributed by atoms with Crippen LogP contribution in [0.25, 0.3) is 0 Å². The van der Waals surface area contributed by atoms with Gasteiger partial charge in [0, 0.05) is 0 Å². The smallest absolute Gasteiger partial charge is 0.368 e. The molecule has 0 heterocycles. The summed E-state index contributed by atoms with van der Waals surface area (Å²) in [6.45, 7) is 5.63. The minimum absolute atomic E-state index is 0.212. The molecule has 0 aromatic heterocycles. The molecular formula is C13H24O4. The van der Waals surface area contributed by atoms with Gasteiger partial charge in [-0.2, -0.15) is 0 Å². The standard InChI is InChI=1S/C13H24O4/c1-4-5-6-7-8-9-10-16-12(14)13(15)17-11(2)3/h9-11,13,15H,4-8H2,1-3H3. The van der Waals surface area contributed by atoms with E-state index in [1.807, 2.05) is 0 Å². The lowest BCUT2D eigenvalue weighted by Crippen LogP contribution is -2.27. The number of carbonyl (C=O) groups is 1. The van der Waals surface area contributed by atoms with Gasteiger partial charge < -0.3 is 14.6 Å². The van der Waals surface area contributed by atoms with Crippen molar-refractivity contribution in [1.29, 1.82) is 0 Å². The molecule has 1 unspecified atom stereocenters. The molecule has 4 heteroatoms. The van der Waals surface area contributed by atoms with E-state index in [0.29, 0.717) is 0 Å². The zero-order chi connectivity index (χ0) is 13.1. The fraction of sp³-hybridized carbons (Fsp3) is 0.769. The molecule has 1 atom stereocenters. The summed E-state index contributed by atoms with van der Waals surface area (Å²) in [6, 6.07) is 0. The van der Waals surface area contributed by atoms with Crippen LogP contribution in [0, 0.1) is 0 Å². The van der Waals surface area contributed by atoms with Crippen molar-refractivity contribution < 1.29 is 19.4 Å². The van der Waals surface area contributed by atoms with E-state index < -0.39 is 12.3 Å². The molecule has 4 nitrogen and oxygen atoms in total. The van der Waals surface area contributed by atoms with Gasteiger partial charge >= 0.3 is 5.97 Å². The normalized spacial score (nSPS) is 13.2. The van der Waals surface area contributed by atoms with Crippen molar-refractivity contribution in [2.24, 2.45) is 0 Å². The number of unbranched alkanes of at least 4 members (excludes halogenated alkanes) is 4. The molecule has 0 aromatic carbocycles. The number of rotatable bonds is 9. The summed E-state index contributed by atoms with van der Waals surface area (Å²) >= 11 is 0. The van der Waals surface area contributed by atoms with Crippen LogP contribution in [0.1, 0.15) is 52.9 Å². The first-order valence-electron chi connectivity index (χ1n) is 6.27. The quantitative estimate of drug-likeness (QED) is 0.293. The van der Waals surface area contributed by atoms with Gasteiger partial charge in [-0.05, 0) is 32.8 Å². The highest BCUT2D eigenvalue weighted by Crippen LogP contribution is 2.03. The molecule has 100 valence electrons. The van der Waals surface area contributed by atoms with Crippen LogP contribution >= 0.6 is 0 Å². The Morgan fingerprint density at radius 3 is 2.59 bits per heavy atom. The third-order valence-electron chi connectivity index (χ3n) is 2.11. The van der Waals surface area contributed by atoms with E-state index in [2.05, 4.69) is 6.92 Å². The average molecular weight is 244 g/mol. The molecule has 0 radical (unpaired) electrons. The maximum absolute atomic E-state index is 11.2. The number of ether oxygens (including phenoxy) is 2. The maximum Gasteiger partial charge on any atom is 0.368 e. The molecule has 0 fully saturated rings. The molecule has 0 saturated heterocycles. The molecule has 0 aliphatic heterocycles. The van der Waals surface area contributed by atoms with Gasteiger partial charge in [0.15, 0.2) is 0 Å². The predicted octanol–water partition coefficient (Wildman–Crippen LogP) is 2.76. The first-order chi connectivity index (χ1) is 8.07. The second kappa shape index (κ2) is 10.3. The number of allylic oxidation sites excluding steroid dienone is 1. The van der Waals surface area contributed by atoms with Crippen molar-refractivity contribution in [2.75, 3.05) is 0 Å². The Hall–Kier alpha value is -0.870. The molecule has 0 aliphatic carbocycles. The third kappa shape index (κ3) is 10.0. The Bertz CT molecular complexity index is 223. The molecule has 0 aromatic rings. The van der Waals surface area contributed by atoms with Crippen LogP contribution in [0.15, 0.2) is 12.3 Å². The Morgan fingerprint density at radius 2 is 2.00 bits per heavy atom. The highest BCUT2D eigenvalue weighted by Gasteiger charge is 2.17. The second-order valence-corrected chi connectivity index (χ2v) is 4.20. The second-order valence-electron chi connectivity index (χ2n) is 4.20. The van der Waals surface area contributed by atoms with E-state index >= 15 is 0 Å². The van der Waals surface area contributed by atoms with E-state index in [9.17, 15) is 9.90 Å². The van der Waals surface area contributed by atoms with E-state index in [1.165, 1.54) is 25.5 Å². The minimum atomic E-state index is -1.50. The summed E-state index contributed by atoms with van der Waals surface area (Å²) in [4.78, 5) is 11.2. The summed E-state index contributed by atoms with van der Waals surface area (Å²) < 4.78 is 9.59. The van der Waals surface area contributed by atoms with Gasteiger partial charge in [0.25, 0.3) is 6.29 Å². The van der Waals surface area contributed by atoms with Crippen LogP contribution in [0.5, 0.6) is 0 Å². The van der Waals surface area contributed by atoms with Crippen LogP contribution in [0.3, 0.4) is 0 Å². The molecule has 0 saturated carbocycles. The van der Waals surface area contributed by atoms with Crippen LogP contribution in [0.4, 0.5) is 0 Å². The topological polar surface area (TPSA) is 55.8 Å². The first kappa shape index (κ1) is 16.1. The number of hydrogen-bond donors (Lipinski definition) is 1. The fourth-order valence-electron chi connectivity index (χ4n) is 1.24. The lowest BCUT2D eigenvalue weighted by Gasteiger charge is -2.11. The van der Waals surface area contributed by atoms with Gasteiger partial charge in [-0.15, -0.1) is 0 Å². The molecule has 0 spiro atoms. The molecule has 0 rings (SSSR count). The highest BCUT2D eigenvalue weighted by molar-refractivity contribution is 5.73. The van der Waals surface area contributed by atoms with Gasteiger partial charge in [0.2, 0.25) is 0 Å². The first-order valence-corrected chi connectivity index (χ1v) is 6.27. The van der Waals surface area contributed by atoms with Gasteiger partial charge in [-0.3, -0.25) is 0 Å². The molecule has 17 heavy (non-hydrogen) atoms. The molecule has 1 N–H and O–H groups in total. The van der Waals surface area contributed by atoms with Gasteiger partial charge in [0.1, 0.15) is 0 Å². The number of aliphatic hydroxyl groups is 1. The molecule has 0 amide bonds. The number of carbonyl (C=O) groups excluding carboxylic acids is 1. The lowest BCUT2D eigenvalue weighted by molar-refractivity contribution is -0.184. The number of aliphatic hydroxyl groups excluding tert-OH is 1. The summed E-state index contributed by atoms with van der Waals surface area (Å²) in [5.74, 6) is -0.775. The predicted molar refractivity (Wildman–Crippen MR) is 66.2 cm³/mol. The molecular weight excluding hydrogens is 220 g/mol. The monoisotopic (exact) mass is 244 g/mol. The van der Waals surface area contributed by atoms with Gasteiger partial charge in [0.05, 0.1) is 12.4 Å². The van der Waals surface area contributed by atoms with Gasteiger partial charge in [-0.1, -0.05) is 26.2 Å². The van der Waals surface area contributed by atoms with Crippen molar-refractivity contribution in [3.05, 3.63) is 12.3 Å². The van der Waals surface area contributed by atoms with Crippen LogP contribution in [-0.2, 0) is 14.3 Å². The van der Waals surface area contributed by atoms with Crippen molar-refractivity contribution in [2.45, 2.75) is 65.3 Å². The summed E-state index contributed by atoms with van der Waals surface area (Å²) in [5.41, 5.74) is 0. The summed E-state index contributed by atoms with van der Waals surface area (Å²) in [6.07, 6.45) is 6.99. The SMILES string of the molecule is CCCCCCC=COC(=O)C(O)OC(C)C. The zero-order valence-corrected chi connectivity index (χ0v) is 11.0. The number of esters is 1. The van der Waals surface area contributed by atoms with Crippen molar-refractivity contribution in [3.63, 3.8) is 0 Å². The third-order valence-corrected chi connectivity index (χ3v) is 2.11. The fourth-order valence-corrected chi connectivity index (χ4v) is 1.24. The summed E-state index contributed by atoms with van der Waals surface area (Å²) in [5, 5.41) is 9.23. The molecule has 0 bridgehead atoms.